The molecule has 2 N–H and O–H groups in total. The normalized spacial score (nSPS) is 20.5. The standard InChI is InChI=1S/C28H35ClN8O4S2/c1-30-25-17-32-28(34-22-10-12-36(13-11-22)43(3,40)41)35-27(25)20-16-33-37(18-20)26-9-4-19(14-24(26)29)15-31-21-5-7-23(8-6-21)42(2,38)39/h4,9,14,16-18,21-23,31H,5-8,10-13,15H2,2-3H3,(H,32,34,35). The second kappa shape index (κ2) is 12.9. The maximum atomic E-state index is 11.8. The van der Waals surface area contributed by atoms with Crippen LogP contribution in [0.2, 0.25) is 5.02 Å². The SMILES string of the molecule is [C-]#[N+]c1cnc(NC2CCN(S(C)(=O)=O)CC2)nc1-c1cnn(-c2ccc(CNC3CCC(S(C)(=O)=O)CC3)cc2Cl)c1. The number of anilines is 1. The van der Waals surface area contributed by atoms with Crippen LogP contribution in [0.3, 0.4) is 0 Å². The molecule has 0 radical (unpaired) electrons. The Labute approximate surface area is 257 Å². The van der Waals surface area contributed by atoms with E-state index in [-0.39, 0.29) is 23.0 Å². The van der Waals surface area contributed by atoms with Gasteiger partial charge >= 0.3 is 0 Å². The Bertz CT molecular complexity index is 1720. The number of halogens is 1. The van der Waals surface area contributed by atoms with Crippen molar-refractivity contribution >= 4 is 43.1 Å². The molecule has 15 heteroatoms. The van der Waals surface area contributed by atoms with Crippen molar-refractivity contribution in [2.24, 2.45) is 0 Å². The van der Waals surface area contributed by atoms with Gasteiger partial charge in [0.1, 0.15) is 9.84 Å². The molecule has 1 saturated carbocycles. The summed E-state index contributed by atoms with van der Waals surface area (Å²) in [5.74, 6) is 0.368. The van der Waals surface area contributed by atoms with Gasteiger partial charge in [-0.1, -0.05) is 17.7 Å². The van der Waals surface area contributed by atoms with Gasteiger partial charge in [0.25, 0.3) is 0 Å². The number of nitrogens with zero attached hydrogens (tertiary/aromatic N) is 6. The predicted molar refractivity (Wildman–Crippen MR) is 167 cm³/mol. The van der Waals surface area contributed by atoms with E-state index in [0.717, 1.165) is 18.4 Å². The molecule has 1 saturated heterocycles. The van der Waals surface area contributed by atoms with E-state index in [0.29, 0.717) is 73.2 Å². The average molecular weight is 647 g/mol. The highest BCUT2D eigenvalue weighted by Gasteiger charge is 2.28. The van der Waals surface area contributed by atoms with Gasteiger partial charge in [-0.2, -0.15) is 5.10 Å². The van der Waals surface area contributed by atoms with Crippen LogP contribution in [0.5, 0.6) is 0 Å². The molecule has 2 aliphatic rings. The van der Waals surface area contributed by atoms with E-state index in [1.165, 1.54) is 23.0 Å². The van der Waals surface area contributed by atoms with E-state index < -0.39 is 19.9 Å². The summed E-state index contributed by atoms with van der Waals surface area (Å²) in [4.78, 5) is 12.5. The minimum Gasteiger partial charge on any atom is -0.351 e. The van der Waals surface area contributed by atoms with E-state index >= 15 is 0 Å². The molecule has 12 nitrogen and oxygen atoms in total. The van der Waals surface area contributed by atoms with Crippen molar-refractivity contribution in [1.82, 2.24) is 29.4 Å². The van der Waals surface area contributed by atoms with E-state index in [9.17, 15) is 16.8 Å². The highest BCUT2D eigenvalue weighted by atomic mass is 35.5. The van der Waals surface area contributed by atoms with Crippen LogP contribution in [-0.2, 0) is 26.4 Å². The van der Waals surface area contributed by atoms with Crippen molar-refractivity contribution in [2.75, 3.05) is 30.9 Å². The van der Waals surface area contributed by atoms with Gasteiger partial charge in [-0.15, -0.1) is 0 Å². The van der Waals surface area contributed by atoms with Gasteiger partial charge in [-0.25, -0.2) is 40.6 Å². The summed E-state index contributed by atoms with van der Waals surface area (Å²) >= 11 is 6.66. The van der Waals surface area contributed by atoms with Crippen LogP contribution in [0.4, 0.5) is 11.6 Å². The third-order valence-corrected chi connectivity index (χ3v) is 11.4. The molecule has 2 fully saturated rings. The van der Waals surface area contributed by atoms with Gasteiger partial charge in [0.2, 0.25) is 21.7 Å². The number of hydrogen-bond donors (Lipinski definition) is 2. The van der Waals surface area contributed by atoms with Gasteiger partial charge in [-0.05, 0) is 56.2 Å². The molecule has 0 amide bonds. The van der Waals surface area contributed by atoms with Crippen LogP contribution in [0.25, 0.3) is 21.8 Å². The Balaban J connectivity index is 1.24. The third-order valence-electron chi connectivity index (χ3n) is 8.14. The van der Waals surface area contributed by atoms with E-state index in [4.69, 9.17) is 18.2 Å². The summed E-state index contributed by atoms with van der Waals surface area (Å²) in [6.07, 6.45) is 11.7. The quantitative estimate of drug-likeness (QED) is 0.332. The zero-order valence-electron chi connectivity index (χ0n) is 24.1. The first-order chi connectivity index (χ1) is 20.4. The minimum atomic E-state index is -3.21. The fourth-order valence-electron chi connectivity index (χ4n) is 5.63. The lowest BCUT2D eigenvalue weighted by molar-refractivity contribution is 0.331. The van der Waals surface area contributed by atoms with E-state index in [2.05, 4.69) is 30.5 Å². The van der Waals surface area contributed by atoms with E-state index in [1.807, 2.05) is 18.2 Å². The molecule has 1 aliphatic heterocycles. The first kappa shape index (κ1) is 31.3. The maximum Gasteiger partial charge on any atom is 0.231 e. The summed E-state index contributed by atoms with van der Waals surface area (Å²) in [5, 5.41) is 11.6. The van der Waals surface area contributed by atoms with Crippen LogP contribution in [0.1, 0.15) is 44.1 Å². The van der Waals surface area contributed by atoms with Crippen molar-refractivity contribution < 1.29 is 16.8 Å². The fraction of sp³-hybridized carbons (Fsp3) is 0.500. The van der Waals surface area contributed by atoms with Gasteiger partial charge in [0, 0.05) is 55.9 Å². The molecule has 43 heavy (non-hydrogen) atoms. The molecule has 0 spiro atoms. The minimum absolute atomic E-state index is 0.0155. The summed E-state index contributed by atoms with van der Waals surface area (Å²) in [5.41, 5.74) is 3.05. The zero-order chi connectivity index (χ0) is 30.8. The average Bonchev–Trinajstić information content (AvgIpc) is 3.45. The Morgan fingerprint density at radius 2 is 1.74 bits per heavy atom. The molecule has 3 heterocycles. The van der Waals surface area contributed by atoms with Gasteiger partial charge in [0.15, 0.2) is 0 Å². The lowest BCUT2D eigenvalue weighted by atomic mass is 9.95. The summed E-state index contributed by atoms with van der Waals surface area (Å²) in [6, 6.07) is 6.04. The number of hydrogen-bond acceptors (Lipinski definition) is 9. The summed E-state index contributed by atoms with van der Waals surface area (Å²) in [7, 11) is -6.20. The first-order valence-corrected chi connectivity index (χ1v) is 18.3. The molecular formula is C28H35ClN8O4S2. The second-order valence-electron chi connectivity index (χ2n) is 11.3. The fourth-order valence-corrected chi connectivity index (χ4v) is 7.93. The summed E-state index contributed by atoms with van der Waals surface area (Å²) in [6.45, 7) is 9.08. The third kappa shape index (κ3) is 7.71. The monoisotopic (exact) mass is 646 g/mol. The highest BCUT2D eigenvalue weighted by molar-refractivity contribution is 7.91. The molecule has 1 aliphatic carbocycles. The topological polar surface area (TPSA) is 144 Å². The molecule has 5 rings (SSSR count). The molecule has 3 aromatic rings. The molecule has 230 valence electrons. The van der Waals surface area contributed by atoms with Crippen LogP contribution in [-0.4, -0.2) is 83.8 Å². The summed E-state index contributed by atoms with van der Waals surface area (Å²) < 4.78 is 50.4. The number of aromatic nitrogens is 4. The Kier molecular flexibility index (Phi) is 9.38. The maximum absolute atomic E-state index is 11.8. The van der Waals surface area contributed by atoms with Crippen molar-refractivity contribution in [3.05, 3.63) is 58.8 Å². The van der Waals surface area contributed by atoms with Crippen molar-refractivity contribution in [2.45, 2.75) is 62.4 Å². The number of sulfonamides is 1. The smallest absolute Gasteiger partial charge is 0.231 e. The molecule has 0 bridgehead atoms. The Morgan fingerprint density at radius 1 is 1.02 bits per heavy atom. The van der Waals surface area contributed by atoms with Crippen LogP contribution < -0.4 is 10.6 Å². The lowest BCUT2D eigenvalue weighted by Crippen LogP contribution is -2.42. The van der Waals surface area contributed by atoms with Gasteiger partial charge < -0.3 is 10.6 Å². The van der Waals surface area contributed by atoms with Crippen LogP contribution >= 0.6 is 11.6 Å². The Hall–Kier alpha value is -3.09. The number of nitrogens with one attached hydrogen (secondary N) is 2. The van der Waals surface area contributed by atoms with Crippen LogP contribution in [0.15, 0.2) is 36.8 Å². The molecule has 1 aromatic carbocycles. The van der Waals surface area contributed by atoms with Gasteiger partial charge in [0.05, 0.1) is 40.7 Å². The van der Waals surface area contributed by atoms with Crippen molar-refractivity contribution in [3.8, 4) is 16.9 Å². The van der Waals surface area contributed by atoms with Crippen molar-refractivity contribution in [1.29, 1.82) is 0 Å². The predicted octanol–water partition coefficient (Wildman–Crippen LogP) is 3.81. The first-order valence-electron chi connectivity index (χ1n) is 14.1. The number of benzene rings is 1. The second-order valence-corrected chi connectivity index (χ2v) is 16.0. The zero-order valence-corrected chi connectivity index (χ0v) is 26.5. The largest absolute Gasteiger partial charge is 0.351 e. The Morgan fingerprint density at radius 3 is 2.37 bits per heavy atom. The number of sulfone groups is 1. The molecule has 2 aromatic heterocycles. The van der Waals surface area contributed by atoms with E-state index in [1.54, 1.807) is 17.1 Å². The lowest BCUT2D eigenvalue weighted by Gasteiger charge is -2.30. The van der Waals surface area contributed by atoms with Gasteiger partial charge in [-0.3, -0.25) is 0 Å². The van der Waals surface area contributed by atoms with Crippen molar-refractivity contribution in [3.63, 3.8) is 0 Å². The number of piperidine rings is 1. The van der Waals surface area contributed by atoms with Crippen LogP contribution in [0, 0.1) is 6.57 Å². The molecular weight excluding hydrogens is 612 g/mol. The highest BCUT2D eigenvalue weighted by Crippen LogP contribution is 2.31. The number of rotatable bonds is 9. The molecule has 0 unspecified atom stereocenters. The molecule has 0 atom stereocenters.